The quantitative estimate of drug-likeness (QED) is 0.193. The standard InChI is InChI=1S/C35H36N4/c1-34(2)19-29-20-35(3,23-34)24-38(29)25-37-33-30(21-36)31(27-15-9-5-10-16-27)32(28-17-11-6-12-18-28)39(33)22-26-13-7-4-8-14-26/h4-18,25,29H,19-20,22-24H2,1-3H3. The van der Waals surface area contributed by atoms with Gasteiger partial charge in [0.2, 0.25) is 0 Å². The summed E-state index contributed by atoms with van der Waals surface area (Å²) in [6.45, 7) is 8.87. The van der Waals surface area contributed by atoms with Gasteiger partial charge in [-0.1, -0.05) is 112 Å². The third-order valence-electron chi connectivity index (χ3n) is 8.42. The molecule has 0 N–H and O–H groups in total. The lowest BCUT2D eigenvalue weighted by Gasteiger charge is -2.39. The molecule has 2 aliphatic rings. The topological polar surface area (TPSA) is 44.3 Å². The number of nitriles is 1. The minimum Gasteiger partial charge on any atom is -0.359 e. The van der Waals surface area contributed by atoms with Gasteiger partial charge in [0.25, 0.3) is 0 Å². The SMILES string of the molecule is CC1(C)CC2CC(C)(CN2C=Nc2c(C#N)c(-c3ccccc3)c(-c3ccccc3)n2Cc2ccccc2)C1. The van der Waals surface area contributed by atoms with Crippen LogP contribution >= 0.6 is 0 Å². The van der Waals surface area contributed by atoms with E-state index in [1.807, 2.05) is 36.7 Å². The lowest BCUT2D eigenvalue weighted by atomic mass is 9.65. The van der Waals surface area contributed by atoms with Gasteiger partial charge in [0.1, 0.15) is 11.6 Å². The van der Waals surface area contributed by atoms with Gasteiger partial charge >= 0.3 is 0 Å². The summed E-state index contributed by atoms with van der Waals surface area (Å²) in [6, 6.07) is 34.2. The van der Waals surface area contributed by atoms with Crippen LogP contribution in [-0.4, -0.2) is 28.4 Å². The molecule has 1 aromatic heterocycles. The highest BCUT2D eigenvalue weighted by Crippen LogP contribution is 2.52. The van der Waals surface area contributed by atoms with Crippen molar-refractivity contribution in [3.8, 4) is 28.5 Å². The molecular weight excluding hydrogens is 476 g/mol. The zero-order valence-corrected chi connectivity index (χ0v) is 23.1. The molecule has 4 aromatic rings. The molecule has 1 saturated heterocycles. The Bertz CT molecular complexity index is 1530. The van der Waals surface area contributed by atoms with Crippen molar-refractivity contribution in [3.63, 3.8) is 0 Å². The largest absolute Gasteiger partial charge is 0.359 e. The van der Waals surface area contributed by atoms with E-state index >= 15 is 0 Å². The van der Waals surface area contributed by atoms with Crippen molar-refractivity contribution in [1.29, 1.82) is 5.26 Å². The van der Waals surface area contributed by atoms with E-state index in [0.29, 0.717) is 29.0 Å². The van der Waals surface area contributed by atoms with E-state index in [1.165, 1.54) is 24.8 Å². The molecule has 39 heavy (non-hydrogen) atoms. The summed E-state index contributed by atoms with van der Waals surface area (Å²) in [6.07, 6.45) is 5.67. The van der Waals surface area contributed by atoms with E-state index in [0.717, 1.165) is 34.7 Å². The third-order valence-corrected chi connectivity index (χ3v) is 8.42. The van der Waals surface area contributed by atoms with Gasteiger partial charge in [-0.2, -0.15) is 5.26 Å². The van der Waals surface area contributed by atoms with Crippen LogP contribution in [0, 0.1) is 22.2 Å². The third kappa shape index (κ3) is 4.90. The Kier molecular flexibility index (Phi) is 6.39. The average molecular weight is 513 g/mol. The number of fused-ring (bicyclic) bond motifs is 2. The Labute approximate surface area is 232 Å². The maximum Gasteiger partial charge on any atom is 0.153 e. The normalized spacial score (nSPS) is 21.8. The summed E-state index contributed by atoms with van der Waals surface area (Å²) < 4.78 is 2.25. The van der Waals surface area contributed by atoms with Crippen LogP contribution in [0.15, 0.2) is 96.0 Å². The van der Waals surface area contributed by atoms with Gasteiger partial charge in [0.05, 0.1) is 12.0 Å². The monoisotopic (exact) mass is 512 g/mol. The van der Waals surface area contributed by atoms with Gasteiger partial charge in [-0.25, -0.2) is 4.99 Å². The second kappa shape index (κ2) is 9.89. The lowest BCUT2D eigenvalue weighted by Crippen LogP contribution is -2.34. The number of rotatable bonds is 6. The van der Waals surface area contributed by atoms with Gasteiger partial charge in [-0.15, -0.1) is 0 Å². The highest BCUT2D eigenvalue weighted by atomic mass is 15.2. The number of hydrogen-bond acceptors (Lipinski definition) is 2. The Balaban J connectivity index is 1.54. The van der Waals surface area contributed by atoms with Gasteiger partial charge in [0.15, 0.2) is 5.82 Å². The van der Waals surface area contributed by atoms with Crippen LogP contribution in [0.3, 0.4) is 0 Å². The lowest BCUT2D eigenvalue weighted by molar-refractivity contribution is 0.133. The van der Waals surface area contributed by atoms with Crippen LogP contribution in [-0.2, 0) is 6.54 Å². The van der Waals surface area contributed by atoms with Crippen LogP contribution in [0.4, 0.5) is 5.82 Å². The van der Waals surface area contributed by atoms with Crippen molar-refractivity contribution in [1.82, 2.24) is 9.47 Å². The van der Waals surface area contributed by atoms with Crippen molar-refractivity contribution in [3.05, 3.63) is 102 Å². The molecule has 4 heteroatoms. The molecule has 6 rings (SSSR count). The van der Waals surface area contributed by atoms with Crippen molar-refractivity contribution in [2.45, 2.75) is 52.6 Å². The zero-order valence-electron chi connectivity index (χ0n) is 23.1. The van der Waals surface area contributed by atoms with Crippen molar-refractivity contribution < 1.29 is 0 Å². The van der Waals surface area contributed by atoms with Crippen LogP contribution in [0.1, 0.15) is 51.2 Å². The van der Waals surface area contributed by atoms with Gasteiger partial charge in [0, 0.05) is 24.7 Å². The summed E-state index contributed by atoms with van der Waals surface area (Å²) in [5.41, 5.74) is 6.54. The van der Waals surface area contributed by atoms with E-state index in [4.69, 9.17) is 4.99 Å². The van der Waals surface area contributed by atoms with Crippen molar-refractivity contribution in [2.24, 2.45) is 15.8 Å². The molecule has 2 bridgehead atoms. The molecule has 1 aliphatic heterocycles. The van der Waals surface area contributed by atoms with Gasteiger partial charge in [-0.3, -0.25) is 0 Å². The van der Waals surface area contributed by atoms with Crippen LogP contribution in [0.25, 0.3) is 22.4 Å². The molecule has 3 aromatic carbocycles. The Morgan fingerprint density at radius 1 is 0.872 bits per heavy atom. The molecular formula is C35H36N4. The first kappa shape index (κ1) is 25.2. The molecule has 2 unspecified atom stereocenters. The second-order valence-corrected chi connectivity index (χ2v) is 12.5. The fourth-order valence-electron chi connectivity index (χ4n) is 7.32. The summed E-state index contributed by atoms with van der Waals surface area (Å²) in [4.78, 5) is 7.61. The molecule has 1 saturated carbocycles. The predicted molar refractivity (Wildman–Crippen MR) is 160 cm³/mol. The summed E-state index contributed by atoms with van der Waals surface area (Å²) >= 11 is 0. The molecule has 2 atom stereocenters. The summed E-state index contributed by atoms with van der Waals surface area (Å²) in [5.74, 6) is 0.727. The Morgan fingerprint density at radius 2 is 1.49 bits per heavy atom. The predicted octanol–water partition coefficient (Wildman–Crippen LogP) is 8.30. The van der Waals surface area contributed by atoms with E-state index in [-0.39, 0.29) is 0 Å². The molecule has 196 valence electrons. The fraction of sp³-hybridized carbons (Fsp3) is 0.314. The number of benzene rings is 3. The average Bonchev–Trinajstić information content (AvgIpc) is 3.37. The Morgan fingerprint density at radius 3 is 2.13 bits per heavy atom. The van der Waals surface area contributed by atoms with Gasteiger partial charge < -0.3 is 9.47 Å². The van der Waals surface area contributed by atoms with Gasteiger partial charge in [-0.05, 0) is 46.8 Å². The van der Waals surface area contributed by atoms with Crippen LogP contribution in [0.2, 0.25) is 0 Å². The number of likely N-dealkylation sites (tertiary alicyclic amines) is 1. The number of aliphatic imine (C=N–C) groups is 1. The van der Waals surface area contributed by atoms with Crippen LogP contribution in [0.5, 0.6) is 0 Å². The maximum absolute atomic E-state index is 10.6. The minimum atomic E-state index is 0.312. The minimum absolute atomic E-state index is 0.312. The first-order valence-corrected chi connectivity index (χ1v) is 14.0. The van der Waals surface area contributed by atoms with Crippen molar-refractivity contribution >= 4 is 12.2 Å². The number of nitrogens with zero attached hydrogens (tertiary/aromatic N) is 4. The van der Waals surface area contributed by atoms with E-state index in [2.05, 4.69) is 97.0 Å². The fourth-order valence-corrected chi connectivity index (χ4v) is 7.32. The highest BCUT2D eigenvalue weighted by molar-refractivity contribution is 5.91. The highest BCUT2D eigenvalue weighted by Gasteiger charge is 2.49. The smallest absolute Gasteiger partial charge is 0.153 e. The number of hydrogen-bond donors (Lipinski definition) is 0. The second-order valence-electron chi connectivity index (χ2n) is 12.5. The molecule has 0 spiro atoms. The van der Waals surface area contributed by atoms with Crippen molar-refractivity contribution in [2.75, 3.05) is 6.54 Å². The molecule has 2 heterocycles. The summed E-state index contributed by atoms with van der Waals surface area (Å²) in [5, 5.41) is 10.6. The van der Waals surface area contributed by atoms with E-state index in [1.54, 1.807) is 0 Å². The molecule has 4 nitrogen and oxygen atoms in total. The zero-order chi connectivity index (χ0) is 27.0. The molecule has 0 radical (unpaired) electrons. The summed E-state index contributed by atoms with van der Waals surface area (Å²) in [7, 11) is 0. The first-order valence-electron chi connectivity index (χ1n) is 14.0. The Hall–Kier alpha value is -4.10. The van der Waals surface area contributed by atoms with E-state index < -0.39 is 0 Å². The molecule has 0 amide bonds. The van der Waals surface area contributed by atoms with E-state index in [9.17, 15) is 5.26 Å². The first-order chi connectivity index (χ1) is 18.9. The van der Waals surface area contributed by atoms with Crippen LogP contribution < -0.4 is 0 Å². The number of aromatic nitrogens is 1. The molecule has 2 fully saturated rings. The molecule has 1 aliphatic carbocycles. The maximum atomic E-state index is 10.6.